The first-order valence-corrected chi connectivity index (χ1v) is 10.4. The number of hydrogen-bond acceptors (Lipinski definition) is 6. The van der Waals surface area contributed by atoms with Crippen molar-refractivity contribution in [2.75, 3.05) is 25.1 Å². The molecule has 4 rings (SSSR count). The van der Waals surface area contributed by atoms with E-state index in [0.29, 0.717) is 23.5 Å². The minimum atomic E-state index is -0.455. The Hall–Kier alpha value is -3.65. The first-order valence-electron chi connectivity index (χ1n) is 10.4. The molecule has 1 aromatic carbocycles. The Morgan fingerprint density at radius 3 is 2.62 bits per heavy atom. The number of allylic oxidation sites excluding steroid dienone is 1. The van der Waals surface area contributed by atoms with E-state index in [1.54, 1.807) is 20.0 Å². The summed E-state index contributed by atoms with van der Waals surface area (Å²) in [6.07, 6.45) is 1.57. The van der Waals surface area contributed by atoms with Crippen molar-refractivity contribution in [2.24, 2.45) is 11.1 Å². The number of aromatic amines is 1. The molecular weight excluding hydrogens is 406 g/mol. The summed E-state index contributed by atoms with van der Waals surface area (Å²) in [5.41, 5.74) is 9.84. The van der Waals surface area contributed by atoms with Crippen molar-refractivity contribution in [1.82, 2.24) is 9.97 Å². The maximum Gasteiger partial charge on any atom is 0.271 e. The molecule has 5 N–H and O–H groups in total. The van der Waals surface area contributed by atoms with Gasteiger partial charge in [-0.15, -0.1) is 0 Å². The molecule has 0 aliphatic carbocycles. The second-order valence-corrected chi connectivity index (χ2v) is 8.58. The van der Waals surface area contributed by atoms with Crippen LogP contribution in [-0.4, -0.2) is 41.4 Å². The second kappa shape index (κ2) is 8.47. The lowest BCUT2D eigenvalue weighted by atomic mass is 9.90. The maximum atomic E-state index is 12.3. The Balaban J connectivity index is 1.47. The number of anilines is 1. The fraction of sp³-hybridized carbons (Fsp3) is 0.292. The summed E-state index contributed by atoms with van der Waals surface area (Å²) in [5, 5.41) is 11.2. The topological polar surface area (TPSA) is 126 Å². The number of carbonyl (C=O) groups is 1. The molecule has 2 aromatic heterocycles. The summed E-state index contributed by atoms with van der Waals surface area (Å²) in [6, 6.07) is 11.7. The van der Waals surface area contributed by atoms with Crippen molar-refractivity contribution in [3.63, 3.8) is 0 Å². The lowest BCUT2D eigenvalue weighted by molar-refractivity contribution is -0.120. The predicted octanol–water partition coefficient (Wildman–Crippen LogP) is 3.86. The van der Waals surface area contributed by atoms with E-state index >= 15 is 0 Å². The van der Waals surface area contributed by atoms with Gasteiger partial charge in [-0.3, -0.25) is 4.79 Å². The van der Waals surface area contributed by atoms with E-state index in [1.807, 2.05) is 36.4 Å². The van der Waals surface area contributed by atoms with Gasteiger partial charge in [-0.1, -0.05) is 6.92 Å². The van der Waals surface area contributed by atoms with Gasteiger partial charge in [0.2, 0.25) is 0 Å². The third kappa shape index (κ3) is 4.50. The number of aromatic nitrogens is 2. The summed E-state index contributed by atoms with van der Waals surface area (Å²) in [7, 11) is 0. The highest BCUT2D eigenvalue weighted by Gasteiger charge is 2.34. The Kier molecular flexibility index (Phi) is 5.71. The van der Waals surface area contributed by atoms with Gasteiger partial charge in [-0.05, 0) is 61.4 Å². The van der Waals surface area contributed by atoms with Gasteiger partial charge in [0, 0.05) is 22.2 Å². The standard InChI is InChI=1S/C24H27N5O3/c1-14(15(2)25)21(26)23(30)28-18-8-17-9-20(29-22(17)27-10-18)16-4-6-19(7-5-16)32-13-24(3)11-31-12-24/h4-10,25H,11-13,26H2,1-3H3,(H,27,29)(H,28,30)/b21-14-,25-15?. The van der Waals surface area contributed by atoms with Crippen molar-refractivity contribution < 1.29 is 14.3 Å². The average Bonchev–Trinajstić information content (AvgIpc) is 3.19. The quantitative estimate of drug-likeness (QED) is 0.332. The molecule has 1 aliphatic heterocycles. The van der Waals surface area contributed by atoms with E-state index in [2.05, 4.69) is 22.2 Å². The number of nitrogens with two attached hydrogens (primary N) is 1. The smallest absolute Gasteiger partial charge is 0.271 e. The number of H-pyrrole nitrogens is 1. The number of nitrogens with zero attached hydrogens (tertiary/aromatic N) is 1. The molecule has 1 saturated heterocycles. The van der Waals surface area contributed by atoms with E-state index in [1.165, 1.54) is 0 Å². The molecule has 0 saturated carbocycles. The number of carbonyl (C=O) groups excluding carboxylic acids is 1. The fourth-order valence-electron chi connectivity index (χ4n) is 3.33. The molecular formula is C24H27N5O3. The van der Waals surface area contributed by atoms with Crippen LogP contribution in [0, 0.1) is 10.8 Å². The summed E-state index contributed by atoms with van der Waals surface area (Å²) in [5.74, 6) is 0.367. The van der Waals surface area contributed by atoms with Gasteiger partial charge >= 0.3 is 0 Å². The molecule has 8 nitrogen and oxygen atoms in total. The van der Waals surface area contributed by atoms with Crippen molar-refractivity contribution in [2.45, 2.75) is 20.8 Å². The molecule has 0 radical (unpaired) electrons. The molecule has 0 unspecified atom stereocenters. The molecule has 0 atom stereocenters. The molecule has 1 amide bonds. The zero-order valence-corrected chi connectivity index (χ0v) is 18.4. The lowest BCUT2D eigenvalue weighted by Gasteiger charge is -2.37. The number of ether oxygens (including phenoxy) is 2. The van der Waals surface area contributed by atoms with Gasteiger partial charge < -0.3 is 30.9 Å². The molecule has 0 bridgehead atoms. The number of benzene rings is 1. The van der Waals surface area contributed by atoms with Crippen LogP contribution in [0.3, 0.4) is 0 Å². The first-order chi connectivity index (χ1) is 15.2. The Morgan fingerprint density at radius 2 is 2.00 bits per heavy atom. The van der Waals surface area contributed by atoms with E-state index < -0.39 is 5.91 Å². The van der Waals surface area contributed by atoms with Crippen molar-refractivity contribution in [3.8, 4) is 17.0 Å². The highest BCUT2D eigenvalue weighted by molar-refractivity contribution is 6.10. The van der Waals surface area contributed by atoms with E-state index in [0.717, 1.165) is 35.6 Å². The number of pyridine rings is 1. The summed E-state index contributed by atoms with van der Waals surface area (Å²) >= 11 is 0. The van der Waals surface area contributed by atoms with Gasteiger partial charge in [-0.25, -0.2) is 4.98 Å². The van der Waals surface area contributed by atoms with Gasteiger partial charge in [-0.2, -0.15) is 0 Å². The van der Waals surface area contributed by atoms with Crippen LogP contribution in [-0.2, 0) is 9.53 Å². The van der Waals surface area contributed by atoms with E-state index in [-0.39, 0.29) is 16.8 Å². The third-order valence-corrected chi connectivity index (χ3v) is 5.59. The van der Waals surface area contributed by atoms with Crippen LogP contribution in [0.5, 0.6) is 5.75 Å². The Morgan fingerprint density at radius 1 is 1.28 bits per heavy atom. The maximum absolute atomic E-state index is 12.3. The summed E-state index contributed by atoms with van der Waals surface area (Å²) < 4.78 is 11.2. The third-order valence-electron chi connectivity index (χ3n) is 5.59. The molecule has 3 aromatic rings. The van der Waals surface area contributed by atoms with E-state index in [9.17, 15) is 4.79 Å². The number of hydrogen-bond donors (Lipinski definition) is 4. The van der Waals surface area contributed by atoms with Crippen molar-refractivity contribution in [1.29, 1.82) is 5.41 Å². The second-order valence-electron chi connectivity index (χ2n) is 8.58. The van der Waals surface area contributed by atoms with Crippen LogP contribution in [0.4, 0.5) is 5.69 Å². The number of nitrogens with one attached hydrogen (secondary N) is 3. The Bertz CT molecular complexity index is 1210. The van der Waals surface area contributed by atoms with Crippen LogP contribution in [0.2, 0.25) is 0 Å². The van der Waals surface area contributed by atoms with Crippen molar-refractivity contribution >= 4 is 28.3 Å². The molecule has 1 aliphatic rings. The van der Waals surface area contributed by atoms with Gasteiger partial charge in [0.15, 0.2) is 0 Å². The molecule has 1 fully saturated rings. The van der Waals surface area contributed by atoms with Gasteiger partial charge in [0.1, 0.15) is 17.1 Å². The molecule has 0 spiro atoms. The fourth-order valence-corrected chi connectivity index (χ4v) is 3.33. The Labute approximate surface area is 186 Å². The van der Waals surface area contributed by atoms with Crippen molar-refractivity contribution in [3.05, 3.63) is 53.9 Å². The average molecular weight is 434 g/mol. The SMILES string of the molecule is CC(=N)/C(C)=C(\N)C(=O)Nc1cnc2[nH]c(-c3ccc(OCC4(C)COC4)cc3)cc2c1. The first kappa shape index (κ1) is 21.6. The molecule has 8 heteroatoms. The van der Waals surface area contributed by atoms with Crippen LogP contribution < -0.4 is 15.8 Å². The zero-order chi connectivity index (χ0) is 22.9. The van der Waals surface area contributed by atoms with Crippen LogP contribution >= 0.6 is 0 Å². The molecule has 166 valence electrons. The number of rotatable bonds is 7. The zero-order valence-electron chi connectivity index (χ0n) is 18.4. The minimum Gasteiger partial charge on any atom is -0.493 e. The van der Waals surface area contributed by atoms with Crippen LogP contribution in [0.15, 0.2) is 53.9 Å². The van der Waals surface area contributed by atoms with Gasteiger partial charge in [0.25, 0.3) is 5.91 Å². The largest absolute Gasteiger partial charge is 0.493 e. The lowest BCUT2D eigenvalue weighted by Crippen LogP contribution is -2.44. The van der Waals surface area contributed by atoms with Gasteiger partial charge in [0.05, 0.1) is 31.7 Å². The molecule has 32 heavy (non-hydrogen) atoms. The van der Waals surface area contributed by atoms with E-state index in [4.69, 9.17) is 20.6 Å². The predicted molar refractivity (Wildman–Crippen MR) is 125 cm³/mol. The van der Waals surface area contributed by atoms with Crippen LogP contribution in [0.1, 0.15) is 20.8 Å². The highest BCUT2D eigenvalue weighted by atomic mass is 16.5. The van der Waals surface area contributed by atoms with Crippen LogP contribution in [0.25, 0.3) is 22.3 Å². The highest BCUT2D eigenvalue weighted by Crippen LogP contribution is 2.29. The monoisotopic (exact) mass is 433 g/mol. The minimum absolute atomic E-state index is 0.0218. The molecule has 3 heterocycles. The normalized spacial score (nSPS) is 15.6. The summed E-state index contributed by atoms with van der Waals surface area (Å²) in [4.78, 5) is 20.0. The number of amides is 1. The summed E-state index contributed by atoms with van der Waals surface area (Å²) in [6.45, 7) is 7.50. The number of fused-ring (bicyclic) bond motifs is 1.